The number of nitrogens with one attached hydrogen (secondary N) is 1. The predicted octanol–water partition coefficient (Wildman–Crippen LogP) is 2.18. The third kappa shape index (κ3) is 3.79. The maximum atomic E-state index is 5.47. The van der Waals surface area contributed by atoms with Crippen molar-refractivity contribution in [2.75, 3.05) is 20.2 Å². The quantitative estimate of drug-likeness (QED) is 0.633. The molecule has 1 aromatic carbocycles. The number of likely N-dealkylation sites (N-methyl/N-ethyl adjacent to an activating group) is 1. The number of alkyl halides is 1. The van der Waals surface area contributed by atoms with Crippen LogP contribution in [-0.2, 0) is 5.33 Å². The molecule has 0 saturated carbocycles. The van der Waals surface area contributed by atoms with Crippen LogP contribution in [0.1, 0.15) is 5.56 Å². The number of hydrogen-bond acceptors (Lipinski definition) is 2. The van der Waals surface area contributed by atoms with Crippen LogP contribution in [0.15, 0.2) is 24.3 Å². The molecule has 1 N–H and O–H groups in total. The van der Waals surface area contributed by atoms with Crippen LogP contribution >= 0.6 is 15.9 Å². The topological polar surface area (TPSA) is 21.3 Å². The summed E-state index contributed by atoms with van der Waals surface area (Å²) in [7, 11) is 1.91. The lowest BCUT2D eigenvalue weighted by molar-refractivity contribution is 0.318. The molecule has 1 aromatic rings. The molecular formula is C10H14BrNO. The van der Waals surface area contributed by atoms with E-state index in [-0.39, 0.29) is 0 Å². The molecule has 0 amide bonds. The normalized spacial score (nSPS) is 10.0. The van der Waals surface area contributed by atoms with Gasteiger partial charge in [0.05, 0.1) is 0 Å². The van der Waals surface area contributed by atoms with Gasteiger partial charge in [-0.15, -0.1) is 0 Å². The molecular weight excluding hydrogens is 230 g/mol. The van der Waals surface area contributed by atoms with Crippen molar-refractivity contribution in [3.63, 3.8) is 0 Å². The molecule has 0 spiro atoms. The Morgan fingerprint density at radius 1 is 1.31 bits per heavy atom. The molecule has 0 radical (unpaired) electrons. The number of halogens is 1. The molecule has 1 rings (SSSR count). The summed E-state index contributed by atoms with van der Waals surface area (Å²) in [6.45, 7) is 1.59. The number of rotatable bonds is 5. The van der Waals surface area contributed by atoms with Crippen LogP contribution in [0.5, 0.6) is 5.75 Å². The van der Waals surface area contributed by atoms with Gasteiger partial charge < -0.3 is 10.1 Å². The highest BCUT2D eigenvalue weighted by Crippen LogP contribution is 2.13. The second-order valence-corrected chi connectivity index (χ2v) is 3.29. The summed E-state index contributed by atoms with van der Waals surface area (Å²) in [6.07, 6.45) is 0. The van der Waals surface area contributed by atoms with Gasteiger partial charge in [-0.2, -0.15) is 0 Å². The first kappa shape index (κ1) is 10.5. The van der Waals surface area contributed by atoms with E-state index in [0.29, 0.717) is 6.61 Å². The molecule has 0 heterocycles. The van der Waals surface area contributed by atoms with Gasteiger partial charge in [0.2, 0.25) is 0 Å². The van der Waals surface area contributed by atoms with E-state index in [9.17, 15) is 0 Å². The lowest BCUT2D eigenvalue weighted by Gasteiger charge is -2.05. The average Bonchev–Trinajstić information content (AvgIpc) is 2.19. The van der Waals surface area contributed by atoms with Crippen molar-refractivity contribution in [1.29, 1.82) is 0 Å². The molecule has 2 nitrogen and oxygen atoms in total. The van der Waals surface area contributed by atoms with E-state index >= 15 is 0 Å². The molecule has 0 bridgehead atoms. The number of hydrogen-bond donors (Lipinski definition) is 1. The minimum absolute atomic E-state index is 0.712. The summed E-state index contributed by atoms with van der Waals surface area (Å²) in [4.78, 5) is 0. The minimum Gasteiger partial charge on any atom is -0.492 e. The first-order chi connectivity index (χ1) is 6.36. The zero-order chi connectivity index (χ0) is 9.52. The van der Waals surface area contributed by atoms with Gasteiger partial charge in [0.25, 0.3) is 0 Å². The molecule has 0 aliphatic heterocycles. The fraction of sp³-hybridized carbons (Fsp3) is 0.400. The Kier molecular flexibility index (Phi) is 4.86. The van der Waals surface area contributed by atoms with E-state index in [1.807, 2.05) is 19.2 Å². The van der Waals surface area contributed by atoms with Crippen molar-refractivity contribution in [3.05, 3.63) is 29.8 Å². The Balaban J connectivity index is 2.40. The van der Waals surface area contributed by atoms with Crippen molar-refractivity contribution >= 4 is 15.9 Å². The largest absolute Gasteiger partial charge is 0.492 e. The molecule has 72 valence electrons. The zero-order valence-electron chi connectivity index (χ0n) is 7.72. The second kappa shape index (κ2) is 6.00. The second-order valence-electron chi connectivity index (χ2n) is 2.73. The van der Waals surface area contributed by atoms with E-state index in [1.165, 1.54) is 5.56 Å². The lowest BCUT2D eigenvalue weighted by atomic mass is 10.2. The molecule has 0 atom stereocenters. The van der Waals surface area contributed by atoms with Gasteiger partial charge in [0, 0.05) is 11.9 Å². The van der Waals surface area contributed by atoms with Crippen molar-refractivity contribution in [3.8, 4) is 5.75 Å². The van der Waals surface area contributed by atoms with Gasteiger partial charge in [-0.3, -0.25) is 0 Å². The van der Waals surface area contributed by atoms with E-state index in [0.717, 1.165) is 17.6 Å². The zero-order valence-corrected chi connectivity index (χ0v) is 9.30. The highest BCUT2D eigenvalue weighted by Gasteiger charge is 1.93. The van der Waals surface area contributed by atoms with E-state index in [1.54, 1.807) is 0 Å². The van der Waals surface area contributed by atoms with Crippen LogP contribution < -0.4 is 10.1 Å². The smallest absolute Gasteiger partial charge is 0.119 e. The summed E-state index contributed by atoms with van der Waals surface area (Å²) in [5.41, 5.74) is 1.26. The van der Waals surface area contributed by atoms with Gasteiger partial charge in [-0.1, -0.05) is 28.1 Å². The van der Waals surface area contributed by atoms with Gasteiger partial charge in [0.15, 0.2) is 0 Å². The first-order valence-corrected chi connectivity index (χ1v) is 5.41. The van der Waals surface area contributed by atoms with Crippen molar-refractivity contribution in [2.45, 2.75) is 5.33 Å². The van der Waals surface area contributed by atoms with Crippen molar-refractivity contribution in [1.82, 2.24) is 5.32 Å². The van der Waals surface area contributed by atoms with E-state index in [4.69, 9.17) is 4.74 Å². The highest BCUT2D eigenvalue weighted by atomic mass is 79.9. The summed E-state index contributed by atoms with van der Waals surface area (Å²) in [5.74, 6) is 0.931. The molecule has 0 unspecified atom stereocenters. The molecule has 0 aromatic heterocycles. The van der Waals surface area contributed by atoms with Crippen LogP contribution in [0.2, 0.25) is 0 Å². The fourth-order valence-corrected chi connectivity index (χ4v) is 1.32. The first-order valence-electron chi connectivity index (χ1n) is 4.29. The van der Waals surface area contributed by atoms with Crippen LogP contribution in [0.3, 0.4) is 0 Å². The van der Waals surface area contributed by atoms with Gasteiger partial charge in [-0.25, -0.2) is 0 Å². The third-order valence-corrected chi connectivity index (χ3v) is 2.35. The van der Waals surface area contributed by atoms with Gasteiger partial charge >= 0.3 is 0 Å². The monoisotopic (exact) mass is 243 g/mol. The van der Waals surface area contributed by atoms with Crippen LogP contribution in [0.25, 0.3) is 0 Å². The standard InChI is InChI=1S/C10H14BrNO/c1-12-6-7-13-10-4-2-9(8-11)3-5-10/h2-5,12H,6-8H2,1H3. The highest BCUT2D eigenvalue weighted by molar-refractivity contribution is 9.08. The number of ether oxygens (including phenoxy) is 1. The SMILES string of the molecule is CNCCOc1ccc(CBr)cc1. The van der Waals surface area contributed by atoms with Crippen molar-refractivity contribution < 1.29 is 4.74 Å². The molecule has 3 heteroatoms. The summed E-state index contributed by atoms with van der Waals surface area (Å²) in [6, 6.07) is 8.10. The molecule has 0 aliphatic carbocycles. The van der Waals surface area contributed by atoms with Gasteiger partial charge in [-0.05, 0) is 24.7 Å². The predicted molar refractivity (Wildman–Crippen MR) is 58.5 cm³/mol. The lowest BCUT2D eigenvalue weighted by Crippen LogP contribution is -2.15. The maximum Gasteiger partial charge on any atom is 0.119 e. The van der Waals surface area contributed by atoms with Crippen LogP contribution in [0.4, 0.5) is 0 Å². The Bertz CT molecular complexity index is 235. The molecule has 13 heavy (non-hydrogen) atoms. The summed E-state index contributed by atoms with van der Waals surface area (Å²) in [5, 5.41) is 3.92. The average molecular weight is 244 g/mol. The maximum absolute atomic E-state index is 5.47. The number of benzene rings is 1. The molecule has 0 fully saturated rings. The summed E-state index contributed by atoms with van der Waals surface area (Å²) >= 11 is 3.40. The Labute approximate surface area is 87.4 Å². The van der Waals surface area contributed by atoms with Crippen LogP contribution in [0, 0.1) is 0 Å². The van der Waals surface area contributed by atoms with Crippen molar-refractivity contribution in [2.24, 2.45) is 0 Å². The van der Waals surface area contributed by atoms with E-state index < -0.39 is 0 Å². The molecule has 0 aliphatic rings. The minimum atomic E-state index is 0.712. The Hall–Kier alpha value is -0.540. The van der Waals surface area contributed by atoms with Gasteiger partial charge in [0.1, 0.15) is 12.4 Å². The Morgan fingerprint density at radius 3 is 2.54 bits per heavy atom. The van der Waals surface area contributed by atoms with Crippen LogP contribution in [-0.4, -0.2) is 20.2 Å². The van der Waals surface area contributed by atoms with E-state index in [2.05, 4.69) is 33.4 Å². The fourth-order valence-electron chi connectivity index (χ4n) is 0.946. The third-order valence-electron chi connectivity index (χ3n) is 1.70. The summed E-state index contributed by atoms with van der Waals surface area (Å²) < 4.78 is 5.47. The molecule has 0 saturated heterocycles. The Morgan fingerprint density at radius 2 is 2.00 bits per heavy atom.